The van der Waals surface area contributed by atoms with E-state index in [1.807, 2.05) is 13.8 Å². The highest BCUT2D eigenvalue weighted by molar-refractivity contribution is 5.84. The Balaban J connectivity index is 1.04. The molecular formula is C48H72N2O5. The maximum Gasteiger partial charge on any atom is 0.309 e. The number of carbonyl (C=O) groups excluding carboxylic acids is 2. The van der Waals surface area contributed by atoms with Gasteiger partial charge < -0.3 is 19.3 Å². The Morgan fingerprint density at radius 3 is 2.25 bits per heavy atom. The Morgan fingerprint density at radius 1 is 0.855 bits per heavy atom. The molecule has 1 saturated heterocycles. The van der Waals surface area contributed by atoms with Gasteiger partial charge >= 0.3 is 11.9 Å². The SMILES string of the molecule is C=C(C)[C@@H]1CC[C@]2(C(=O)N3CCC[C@H]3Cn3cccc3C)CC[C@]3(C)[C@H](CC[C@@H]4[C@@]5(C)CC[C@H](OC(=O)[C@H]6C[C@@H](C(=O)O)C6(C)C)C(C)(C)[C@@H]5CC[C@]43C)[C@@H]12. The van der Waals surface area contributed by atoms with Crippen LogP contribution in [-0.4, -0.2) is 51.1 Å². The lowest BCUT2D eigenvalue weighted by atomic mass is 9.32. The highest BCUT2D eigenvalue weighted by atomic mass is 16.5. The van der Waals surface area contributed by atoms with Gasteiger partial charge in [0.25, 0.3) is 0 Å². The summed E-state index contributed by atoms with van der Waals surface area (Å²) in [5.41, 5.74) is 1.98. The predicted octanol–water partition coefficient (Wildman–Crippen LogP) is 10.1. The van der Waals surface area contributed by atoms with Gasteiger partial charge in [0.1, 0.15) is 6.10 Å². The van der Waals surface area contributed by atoms with Crippen LogP contribution < -0.4 is 0 Å². The van der Waals surface area contributed by atoms with Crippen LogP contribution in [0.3, 0.4) is 0 Å². The number of carboxylic acids is 1. The molecule has 7 nitrogen and oxygen atoms in total. The van der Waals surface area contributed by atoms with Gasteiger partial charge in [-0.15, -0.1) is 0 Å². The Morgan fingerprint density at radius 2 is 1.60 bits per heavy atom. The summed E-state index contributed by atoms with van der Waals surface area (Å²) in [5, 5.41) is 9.68. The van der Waals surface area contributed by atoms with E-state index in [1.165, 1.54) is 30.5 Å². The second-order valence-corrected chi connectivity index (χ2v) is 22.2. The monoisotopic (exact) mass is 757 g/mol. The van der Waals surface area contributed by atoms with E-state index in [-0.39, 0.29) is 51.1 Å². The Kier molecular flexibility index (Phi) is 9.26. The highest BCUT2D eigenvalue weighted by Crippen LogP contribution is 2.78. The van der Waals surface area contributed by atoms with Crippen molar-refractivity contribution in [3.63, 3.8) is 0 Å². The van der Waals surface area contributed by atoms with Crippen LogP contribution in [0.4, 0.5) is 0 Å². The quantitative estimate of drug-likeness (QED) is 0.221. The number of aryl methyl sites for hydroxylation is 1. The molecule has 7 fully saturated rings. The van der Waals surface area contributed by atoms with E-state index in [0.29, 0.717) is 41.9 Å². The first-order chi connectivity index (χ1) is 25.7. The fourth-order valence-corrected chi connectivity index (χ4v) is 16.2. The first kappa shape index (κ1) is 39.3. The third kappa shape index (κ3) is 5.41. The predicted molar refractivity (Wildman–Crippen MR) is 216 cm³/mol. The minimum atomic E-state index is -0.811. The maximum absolute atomic E-state index is 15.3. The van der Waals surface area contributed by atoms with E-state index < -0.39 is 17.3 Å². The van der Waals surface area contributed by atoms with Crippen LogP contribution in [-0.2, 0) is 25.7 Å². The molecule has 0 spiro atoms. The normalized spacial score (nSPS) is 45.3. The van der Waals surface area contributed by atoms with E-state index in [2.05, 4.69) is 82.8 Å². The van der Waals surface area contributed by atoms with Gasteiger partial charge in [0.15, 0.2) is 0 Å². The zero-order valence-corrected chi connectivity index (χ0v) is 35.7. The van der Waals surface area contributed by atoms with Crippen molar-refractivity contribution in [2.45, 2.75) is 164 Å². The fraction of sp³-hybridized carbons (Fsp3) is 0.812. The number of aliphatic carboxylic acids is 1. The lowest BCUT2D eigenvalue weighted by Crippen LogP contribution is -2.67. The first-order valence-corrected chi connectivity index (χ1v) is 22.3. The third-order valence-electron chi connectivity index (χ3n) is 19.6. The van der Waals surface area contributed by atoms with Crippen LogP contribution in [0, 0.1) is 80.8 Å². The average molecular weight is 757 g/mol. The zero-order chi connectivity index (χ0) is 39.7. The van der Waals surface area contributed by atoms with Gasteiger partial charge in [0.2, 0.25) is 5.91 Å². The van der Waals surface area contributed by atoms with Gasteiger partial charge in [0.05, 0.1) is 17.3 Å². The van der Waals surface area contributed by atoms with Gasteiger partial charge in [0, 0.05) is 36.4 Å². The minimum Gasteiger partial charge on any atom is -0.481 e. The lowest BCUT2D eigenvalue weighted by Gasteiger charge is -2.73. The molecule has 7 heteroatoms. The van der Waals surface area contributed by atoms with Crippen molar-refractivity contribution < 1.29 is 24.2 Å². The number of hydrogen-bond donors (Lipinski definition) is 1. The number of rotatable bonds is 7. The molecule has 1 aromatic heterocycles. The fourth-order valence-electron chi connectivity index (χ4n) is 16.2. The van der Waals surface area contributed by atoms with E-state index >= 15 is 4.79 Å². The van der Waals surface area contributed by atoms with Crippen molar-refractivity contribution in [1.29, 1.82) is 0 Å². The van der Waals surface area contributed by atoms with Crippen molar-refractivity contribution in [3.05, 3.63) is 36.2 Å². The van der Waals surface area contributed by atoms with Crippen molar-refractivity contribution >= 4 is 17.8 Å². The molecule has 0 radical (unpaired) electrons. The van der Waals surface area contributed by atoms with Crippen LogP contribution in [0.5, 0.6) is 0 Å². The summed E-state index contributed by atoms with van der Waals surface area (Å²) in [6.07, 6.45) is 15.5. The Hall–Kier alpha value is -2.57. The molecule has 0 unspecified atom stereocenters. The van der Waals surface area contributed by atoms with Crippen molar-refractivity contribution in [3.8, 4) is 0 Å². The average Bonchev–Trinajstić information content (AvgIpc) is 3.85. The number of fused-ring (bicyclic) bond motifs is 7. The molecule has 6 aliphatic carbocycles. The molecule has 6 saturated carbocycles. The minimum absolute atomic E-state index is 0.144. The smallest absolute Gasteiger partial charge is 0.309 e. The second kappa shape index (κ2) is 13.0. The zero-order valence-electron chi connectivity index (χ0n) is 35.7. The number of ether oxygens (including phenoxy) is 1. The Labute approximate surface area is 331 Å². The maximum atomic E-state index is 15.3. The largest absolute Gasteiger partial charge is 0.481 e. The van der Waals surface area contributed by atoms with Gasteiger partial charge in [-0.3, -0.25) is 14.4 Å². The van der Waals surface area contributed by atoms with E-state index in [9.17, 15) is 14.7 Å². The van der Waals surface area contributed by atoms with Crippen molar-refractivity contribution in [2.24, 2.45) is 73.9 Å². The van der Waals surface area contributed by atoms with Crippen LogP contribution in [0.2, 0.25) is 0 Å². The van der Waals surface area contributed by atoms with E-state index in [1.54, 1.807) is 0 Å². The van der Waals surface area contributed by atoms with Gasteiger partial charge in [-0.05, 0) is 161 Å². The summed E-state index contributed by atoms with van der Waals surface area (Å²) in [4.78, 5) is 43.1. The molecule has 7 aliphatic rings. The molecule has 1 aromatic rings. The van der Waals surface area contributed by atoms with Crippen LogP contribution in [0.25, 0.3) is 0 Å². The summed E-state index contributed by atoms with van der Waals surface area (Å²) >= 11 is 0. The molecule has 1 aliphatic heterocycles. The van der Waals surface area contributed by atoms with Gasteiger partial charge in [-0.2, -0.15) is 0 Å². The number of amides is 1. The molecule has 8 rings (SSSR count). The van der Waals surface area contributed by atoms with Crippen LogP contribution in [0.1, 0.15) is 145 Å². The van der Waals surface area contributed by atoms with Gasteiger partial charge in [-0.1, -0.05) is 60.6 Å². The summed E-state index contributed by atoms with van der Waals surface area (Å²) in [6.45, 7) is 27.3. The number of likely N-dealkylation sites (tertiary alicyclic amines) is 1. The highest BCUT2D eigenvalue weighted by Gasteiger charge is 2.72. The first-order valence-electron chi connectivity index (χ1n) is 22.3. The van der Waals surface area contributed by atoms with Crippen LogP contribution >= 0.6 is 0 Å². The van der Waals surface area contributed by atoms with E-state index in [4.69, 9.17) is 4.74 Å². The number of carbonyl (C=O) groups is 3. The van der Waals surface area contributed by atoms with Gasteiger partial charge in [-0.25, -0.2) is 0 Å². The molecule has 0 aromatic carbocycles. The third-order valence-corrected chi connectivity index (χ3v) is 19.6. The summed E-state index contributed by atoms with van der Waals surface area (Å²) in [5.74, 6) is 0.920. The number of hydrogen-bond acceptors (Lipinski definition) is 4. The number of allylic oxidation sites excluding steroid dienone is 1. The van der Waals surface area contributed by atoms with Crippen molar-refractivity contribution in [1.82, 2.24) is 9.47 Å². The second-order valence-electron chi connectivity index (χ2n) is 22.2. The summed E-state index contributed by atoms with van der Waals surface area (Å²) < 4.78 is 8.80. The number of aromatic nitrogens is 1. The molecule has 1 amide bonds. The van der Waals surface area contributed by atoms with E-state index in [0.717, 1.165) is 70.9 Å². The summed E-state index contributed by atoms with van der Waals surface area (Å²) in [7, 11) is 0. The van der Waals surface area contributed by atoms with Crippen LogP contribution in [0.15, 0.2) is 30.5 Å². The molecule has 2 heterocycles. The molecule has 304 valence electrons. The molecular weight excluding hydrogens is 685 g/mol. The topological polar surface area (TPSA) is 88.8 Å². The molecule has 1 N–H and O–H groups in total. The van der Waals surface area contributed by atoms with Crippen molar-refractivity contribution in [2.75, 3.05) is 6.54 Å². The molecule has 55 heavy (non-hydrogen) atoms. The summed E-state index contributed by atoms with van der Waals surface area (Å²) in [6, 6.07) is 4.58. The number of nitrogens with zero attached hydrogens (tertiary/aromatic N) is 2. The number of esters is 1. The number of carboxylic acid groups (broad SMARTS) is 1. The lowest BCUT2D eigenvalue weighted by molar-refractivity contribution is -0.251. The Bertz CT molecular complexity index is 1740. The molecule has 0 bridgehead atoms. The molecule has 13 atom stereocenters. The standard InChI is InChI=1S/C48H72N2O5/c1-29(2)32-17-22-48(42(54)50-26-12-14-31(50)28-49-25-11-13-30(49)3)24-23-46(9)33(39(32)48)15-16-37-45(8)20-19-38(44(6,7)36(45)18-21-47(37,46)10)55-41(53)35-27-34(40(51)52)43(35,4)5/h11,13,25,31-39H,1,12,14-24,26-28H2,2-10H3,(H,51,52)/t31-,32-,33+,34-,35+,36-,37+,38-,39+,45-,46+,47+,48-/m0/s1.